The third-order valence-electron chi connectivity index (χ3n) is 14.0. The molecule has 0 radical (unpaired) electrons. The van der Waals surface area contributed by atoms with Crippen LogP contribution in [0, 0.1) is 0 Å². The smallest absolute Gasteiger partial charge is 0.326 e. The number of carbonyl (C=O) groups is 11. The number of amides is 9. The summed E-state index contributed by atoms with van der Waals surface area (Å²) in [6.45, 7) is 3.30. The van der Waals surface area contributed by atoms with Crippen LogP contribution in [0.2, 0.25) is 0 Å². The Morgan fingerprint density at radius 1 is 0.522 bits per heavy atom. The molecule has 0 aliphatic carbocycles. The first-order valence-electron chi connectivity index (χ1n) is 29.1. The monoisotopic (exact) mass is 1260 g/mol. The van der Waals surface area contributed by atoms with Crippen LogP contribution in [-0.4, -0.2) is 184 Å². The van der Waals surface area contributed by atoms with E-state index < -0.39 is 139 Å². The number of phenolic OH excluding ortho intramolecular Hbond substituents is 2. The summed E-state index contributed by atoms with van der Waals surface area (Å²) < 4.78 is 1.41. The molecule has 9 amide bonds. The molecule has 0 spiro atoms. The topological polar surface area (TPSA) is 500 Å². The Kier molecular flexibility index (Phi) is 30.2. The molecular weight excluding hydrogens is 1180 g/mol. The van der Waals surface area contributed by atoms with Crippen LogP contribution in [0.1, 0.15) is 94.5 Å². The molecule has 3 aromatic carbocycles. The Balaban J connectivity index is 1.43. The zero-order valence-electron chi connectivity index (χ0n) is 50.1. The van der Waals surface area contributed by atoms with Gasteiger partial charge in [-0.05, 0) is 106 Å². The van der Waals surface area contributed by atoms with E-state index in [-0.39, 0.29) is 75.2 Å². The van der Waals surface area contributed by atoms with Crippen molar-refractivity contribution in [1.29, 1.82) is 0 Å². The number of unbranched alkanes of at least 4 members (excludes halogenated alkanes) is 2. The molecule has 4 rings (SSSR count). The number of aromatic nitrogens is 3. The van der Waals surface area contributed by atoms with E-state index in [1.165, 1.54) is 73.3 Å². The van der Waals surface area contributed by atoms with Crippen molar-refractivity contribution >= 4 is 65.1 Å². The van der Waals surface area contributed by atoms with E-state index in [2.05, 4.69) is 58.2 Å². The van der Waals surface area contributed by atoms with Crippen LogP contribution in [0.5, 0.6) is 11.5 Å². The minimum atomic E-state index is -1.63. The second kappa shape index (κ2) is 37.3. The normalized spacial score (nSPS) is 14.4. The molecule has 31 heteroatoms. The predicted molar refractivity (Wildman–Crippen MR) is 320 cm³/mol. The number of rotatable bonds is 40. The van der Waals surface area contributed by atoms with Gasteiger partial charge in [-0.3, -0.25) is 57.9 Å². The summed E-state index contributed by atoms with van der Waals surface area (Å²) in [7, 11) is 0. The fourth-order valence-electron chi connectivity index (χ4n) is 9.16. The van der Waals surface area contributed by atoms with Crippen LogP contribution < -0.4 is 59.3 Å². The van der Waals surface area contributed by atoms with Gasteiger partial charge in [-0.1, -0.05) is 59.8 Å². The number of nitrogens with zero attached hydrogens (tertiary/aromatic N) is 3. The summed E-state index contributed by atoms with van der Waals surface area (Å²) >= 11 is 0. The van der Waals surface area contributed by atoms with Crippen LogP contribution >= 0.6 is 0 Å². The number of aryl methyl sites for hydroxylation is 1. The zero-order valence-corrected chi connectivity index (χ0v) is 50.1. The molecule has 0 aliphatic heterocycles. The van der Waals surface area contributed by atoms with Crippen LogP contribution in [0.3, 0.4) is 0 Å². The minimum Gasteiger partial charge on any atom is -0.508 e. The van der Waals surface area contributed by atoms with Crippen molar-refractivity contribution < 1.29 is 83.4 Å². The number of carboxylic acids is 2. The number of nitrogens with two attached hydrogens (primary N) is 2. The fraction of sp³-hybridized carbons (Fsp3) is 0.475. The highest BCUT2D eigenvalue weighted by Crippen LogP contribution is 2.16. The van der Waals surface area contributed by atoms with Crippen molar-refractivity contribution in [2.75, 3.05) is 13.2 Å². The Bertz CT molecular complexity index is 3040. The van der Waals surface area contributed by atoms with E-state index in [0.29, 0.717) is 42.4 Å². The maximum atomic E-state index is 14.3. The Morgan fingerprint density at radius 2 is 0.978 bits per heavy atom. The highest BCUT2D eigenvalue weighted by Gasteiger charge is 2.34. The van der Waals surface area contributed by atoms with Gasteiger partial charge in [0.15, 0.2) is 0 Å². The Morgan fingerprint density at radius 3 is 1.51 bits per heavy atom. The molecule has 0 saturated heterocycles. The van der Waals surface area contributed by atoms with E-state index >= 15 is 0 Å². The van der Waals surface area contributed by atoms with Crippen molar-refractivity contribution in [2.24, 2.45) is 11.5 Å². The van der Waals surface area contributed by atoms with Gasteiger partial charge in [0.05, 0.1) is 18.3 Å². The molecule has 0 aliphatic rings. The summed E-state index contributed by atoms with van der Waals surface area (Å²) in [6.07, 6.45) is 0.213. The first-order valence-corrected chi connectivity index (χ1v) is 29.1. The number of carboxylic acid groups (broad SMARTS) is 2. The number of aromatic hydroxyl groups is 2. The third kappa shape index (κ3) is 26.0. The second-order valence-corrected chi connectivity index (χ2v) is 21.5. The second-order valence-electron chi connectivity index (χ2n) is 21.5. The van der Waals surface area contributed by atoms with E-state index in [1.807, 2.05) is 0 Å². The number of benzene rings is 3. The third-order valence-corrected chi connectivity index (χ3v) is 14.0. The van der Waals surface area contributed by atoms with Gasteiger partial charge in [-0.25, -0.2) is 4.79 Å². The van der Waals surface area contributed by atoms with Gasteiger partial charge in [0.25, 0.3) is 0 Å². The number of nitrogens with one attached hydrogen (secondary N) is 9. The molecule has 1 unspecified atom stereocenters. The maximum absolute atomic E-state index is 14.3. The van der Waals surface area contributed by atoms with Crippen molar-refractivity contribution in [2.45, 2.75) is 165 Å². The number of aliphatic carboxylic acids is 2. The van der Waals surface area contributed by atoms with E-state index in [4.69, 9.17) is 16.6 Å². The summed E-state index contributed by atoms with van der Waals surface area (Å²) in [4.78, 5) is 144. The quantitative estimate of drug-likeness (QED) is 0.0155. The summed E-state index contributed by atoms with van der Waals surface area (Å²) in [5, 5.41) is 90.5. The molecule has 19 N–H and O–H groups in total. The highest BCUT2D eigenvalue weighted by atomic mass is 16.4. The van der Waals surface area contributed by atoms with Crippen LogP contribution in [-0.2, 0) is 85.0 Å². The Hall–Kier alpha value is -9.59. The average molecular weight is 1260 g/mol. The first kappa shape index (κ1) is 72.9. The van der Waals surface area contributed by atoms with Crippen molar-refractivity contribution in [3.05, 3.63) is 107 Å². The van der Waals surface area contributed by atoms with Gasteiger partial charge in [-0.15, -0.1) is 5.10 Å². The minimum absolute atomic E-state index is 0.0108. The molecular formula is C59H82N14O17. The van der Waals surface area contributed by atoms with Crippen molar-refractivity contribution in [1.82, 2.24) is 62.8 Å². The molecule has 1 heterocycles. The number of hydrogen-bond donors (Lipinski definition) is 17. The molecule has 0 fully saturated rings. The van der Waals surface area contributed by atoms with Gasteiger partial charge in [-0.2, -0.15) is 0 Å². The zero-order chi connectivity index (χ0) is 66.5. The molecule has 10 atom stereocenters. The van der Waals surface area contributed by atoms with Gasteiger partial charge in [0.1, 0.15) is 66.1 Å². The standard InChI is InChI=1S/C59H82N14O17/c1-33(62-53(83)44(64-35(3)76)23-24-50(79)80)52(82)67-46(28-36-11-5-4-6-12-36)57(87)69-48(59(89)90)30-39-31-73(72-71-39)26-10-8-14-42(63-34(2)75)54(84)68-47(29-38-17-21-41(78)22-18-38)56(86)65-43(13-7-9-25-60)55(85)70-49(32-74)58(88)66-45(51(61)81)27-37-15-19-40(77)20-16-37/h4-6,11-12,15-22,31,33-34,42-49,63,74-75,77-78H,7-10,13-14,23-30,32,60H2,1-3H3,(H2,61,81)(H,62,83)(H,64,76)(H,65,86)(H,66,88)(H,67,82)(H,68,84)(H,69,87)(H,70,85)(H,79,80)(H,89,90)/t33-,34?,42+,43-,44-,45-,46-,47-,48-,49-/m1/s1. The van der Waals surface area contributed by atoms with Gasteiger partial charge >= 0.3 is 11.9 Å². The molecule has 0 saturated carbocycles. The fourth-order valence-corrected chi connectivity index (χ4v) is 9.16. The number of primary amides is 1. The maximum Gasteiger partial charge on any atom is 0.326 e. The number of hydrogen-bond acceptors (Lipinski definition) is 19. The summed E-state index contributed by atoms with van der Waals surface area (Å²) in [5.41, 5.74) is 13.0. The van der Waals surface area contributed by atoms with Crippen molar-refractivity contribution in [3.63, 3.8) is 0 Å². The summed E-state index contributed by atoms with van der Waals surface area (Å²) in [6, 6.07) is 7.65. The average Bonchev–Trinajstić information content (AvgIpc) is 3.08. The SMILES string of the molecule is CC(=O)N[C@H](CCC(=O)O)C(=O)N[C@H](C)C(=O)N[C@H](Cc1ccccc1)C(=O)N[C@H](Cc1cn(CCCC[C@H](NC(C)O)C(=O)N[C@H](Cc2ccc(O)cc2)C(=O)N[C@H](CCCCN)C(=O)N[C@H](CO)C(=O)N[C@H](Cc2ccc(O)cc2)C(N)=O)nn1)C(=O)O. The number of carbonyl (C=O) groups excluding carboxylic acids is 9. The largest absolute Gasteiger partial charge is 0.508 e. The predicted octanol–water partition coefficient (Wildman–Crippen LogP) is -3.10. The van der Waals surface area contributed by atoms with Gasteiger partial charge < -0.3 is 84.6 Å². The lowest BCUT2D eigenvalue weighted by molar-refractivity contribution is -0.142. The number of phenols is 2. The summed E-state index contributed by atoms with van der Waals surface area (Å²) in [5.74, 6) is -10.4. The van der Waals surface area contributed by atoms with Gasteiger partial charge in [0.2, 0.25) is 53.2 Å². The molecule has 31 nitrogen and oxygen atoms in total. The molecule has 0 bridgehead atoms. The lowest BCUT2D eigenvalue weighted by Crippen LogP contribution is -2.60. The lowest BCUT2D eigenvalue weighted by atomic mass is 10.0. The van der Waals surface area contributed by atoms with E-state index in [9.17, 15) is 78.3 Å². The van der Waals surface area contributed by atoms with Crippen LogP contribution in [0.15, 0.2) is 85.1 Å². The molecule has 90 heavy (non-hydrogen) atoms. The van der Waals surface area contributed by atoms with Crippen LogP contribution in [0.4, 0.5) is 0 Å². The first-order chi connectivity index (χ1) is 42.7. The Labute approximate surface area is 518 Å². The highest BCUT2D eigenvalue weighted by molar-refractivity contribution is 5.97. The van der Waals surface area contributed by atoms with E-state index in [1.54, 1.807) is 30.3 Å². The van der Waals surface area contributed by atoms with Crippen molar-refractivity contribution in [3.8, 4) is 11.5 Å². The number of aliphatic hydroxyl groups excluding tert-OH is 2. The van der Waals surface area contributed by atoms with Gasteiger partial charge in [0, 0.05) is 51.8 Å². The molecule has 4 aromatic rings. The lowest BCUT2D eigenvalue weighted by Gasteiger charge is -2.27. The van der Waals surface area contributed by atoms with Crippen LogP contribution in [0.25, 0.3) is 0 Å². The van der Waals surface area contributed by atoms with E-state index in [0.717, 1.165) is 6.92 Å². The molecule has 490 valence electrons. The molecule has 1 aromatic heterocycles. The number of aliphatic hydroxyl groups is 2.